The fraction of sp³-hybridized carbons (Fsp3) is 0.333. The molecule has 1 aromatic heterocycles. The van der Waals surface area contributed by atoms with Crippen molar-refractivity contribution in [2.45, 2.75) is 38.9 Å². The molecule has 0 fully saturated rings. The molecule has 28 heavy (non-hydrogen) atoms. The number of hydrogen-bond acceptors (Lipinski definition) is 5. The zero-order valence-electron chi connectivity index (χ0n) is 16.5. The van der Waals surface area contributed by atoms with Gasteiger partial charge in [0, 0.05) is 13.1 Å². The normalized spacial score (nSPS) is 10.8. The van der Waals surface area contributed by atoms with Crippen molar-refractivity contribution >= 4 is 17.7 Å². The summed E-state index contributed by atoms with van der Waals surface area (Å²) in [7, 11) is 0. The van der Waals surface area contributed by atoms with Crippen molar-refractivity contribution < 1.29 is 4.79 Å². The van der Waals surface area contributed by atoms with E-state index in [2.05, 4.69) is 53.6 Å². The van der Waals surface area contributed by atoms with Gasteiger partial charge in [-0.15, -0.1) is 5.10 Å². The van der Waals surface area contributed by atoms with Gasteiger partial charge in [0.15, 0.2) is 0 Å². The van der Waals surface area contributed by atoms with E-state index in [1.165, 1.54) is 17.3 Å². The maximum atomic E-state index is 12.8. The van der Waals surface area contributed by atoms with Crippen LogP contribution in [0.25, 0.3) is 5.69 Å². The Morgan fingerprint density at radius 3 is 2.61 bits per heavy atom. The number of thioether (sulfide) groups is 1. The smallest absolute Gasteiger partial charge is 0.233 e. The van der Waals surface area contributed by atoms with Crippen molar-refractivity contribution in [3.8, 4) is 5.69 Å². The number of benzene rings is 2. The quantitative estimate of drug-likeness (QED) is 0.543. The van der Waals surface area contributed by atoms with Gasteiger partial charge >= 0.3 is 0 Å². The number of amides is 1. The van der Waals surface area contributed by atoms with Gasteiger partial charge in [0.1, 0.15) is 0 Å². The summed E-state index contributed by atoms with van der Waals surface area (Å²) >= 11 is 1.37. The summed E-state index contributed by atoms with van der Waals surface area (Å²) in [5, 5.41) is 12.6. The fourth-order valence-electron chi connectivity index (χ4n) is 2.88. The molecule has 0 unspecified atom stereocenters. The van der Waals surface area contributed by atoms with Gasteiger partial charge in [-0.3, -0.25) is 4.79 Å². The lowest BCUT2D eigenvalue weighted by molar-refractivity contribution is -0.129. The second kappa shape index (κ2) is 9.50. The Kier molecular flexibility index (Phi) is 6.81. The van der Waals surface area contributed by atoms with Crippen molar-refractivity contribution in [3.05, 3.63) is 65.2 Å². The van der Waals surface area contributed by atoms with Gasteiger partial charge in [-0.25, -0.2) is 0 Å². The highest BCUT2D eigenvalue weighted by atomic mass is 32.2. The SMILES string of the molecule is CCCN(Cc1ccc(C)cc1)C(=O)CSc1nnnn1-c1cccc(C)c1. The highest BCUT2D eigenvalue weighted by molar-refractivity contribution is 7.99. The monoisotopic (exact) mass is 395 g/mol. The van der Waals surface area contributed by atoms with Crippen molar-refractivity contribution in [1.29, 1.82) is 0 Å². The lowest BCUT2D eigenvalue weighted by atomic mass is 10.1. The predicted molar refractivity (Wildman–Crippen MR) is 112 cm³/mol. The first-order valence-corrected chi connectivity index (χ1v) is 10.4. The first-order valence-electron chi connectivity index (χ1n) is 9.38. The minimum absolute atomic E-state index is 0.0891. The molecule has 0 N–H and O–H groups in total. The molecule has 0 aliphatic heterocycles. The lowest BCUT2D eigenvalue weighted by Gasteiger charge is -2.22. The molecular weight excluding hydrogens is 370 g/mol. The van der Waals surface area contributed by atoms with Crippen LogP contribution in [0.2, 0.25) is 0 Å². The van der Waals surface area contributed by atoms with E-state index >= 15 is 0 Å². The molecule has 2 aromatic carbocycles. The van der Waals surface area contributed by atoms with E-state index < -0.39 is 0 Å². The van der Waals surface area contributed by atoms with Crippen molar-refractivity contribution in [2.75, 3.05) is 12.3 Å². The van der Waals surface area contributed by atoms with Gasteiger partial charge in [-0.05, 0) is 54.0 Å². The van der Waals surface area contributed by atoms with Crippen LogP contribution >= 0.6 is 11.8 Å². The number of carbonyl (C=O) groups is 1. The number of aromatic nitrogens is 4. The predicted octanol–water partition coefficient (Wildman–Crippen LogP) is 3.81. The third kappa shape index (κ3) is 5.19. The minimum Gasteiger partial charge on any atom is -0.338 e. The molecule has 0 saturated heterocycles. The van der Waals surface area contributed by atoms with E-state index in [-0.39, 0.29) is 5.91 Å². The van der Waals surface area contributed by atoms with E-state index in [0.717, 1.165) is 29.8 Å². The molecule has 0 bridgehead atoms. The van der Waals surface area contributed by atoms with E-state index in [0.29, 0.717) is 17.5 Å². The number of nitrogens with zero attached hydrogens (tertiary/aromatic N) is 5. The Bertz CT molecular complexity index is 923. The molecule has 0 radical (unpaired) electrons. The van der Waals surface area contributed by atoms with E-state index in [1.54, 1.807) is 4.68 Å². The van der Waals surface area contributed by atoms with Crippen molar-refractivity contribution in [1.82, 2.24) is 25.1 Å². The molecule has 146 valence electrons. The van der Waals surface area contributed by atoms with E-state index in [9.17, 15) is 4.79 Å². The standard InChI is InChI=1S/C21H25N5OS/c1-4-12-25(14-18-10-8-16(2)9-11-18)20(27)15-28-21-22-23-24-26(21)19-7-5-6-17(3)13-19/h5-11,13H,4,12,14-15H2,1-3H3. The van der Waals surface area contributed by atoms with E-state index in [1.807, 2.05) is 36.1 Å². The third-order valence-electron chi connectivity index (χ3n) is 4.35. The number of tetrazole rings is 1. The van der Waals surface area contributed by atoms with Gasteiger partial charge in [-0.2, -0.15) is 4.68 Å². The highest BCUT2D eigenvalue weighted by Crippen LogP contribution is 2.20. The molecule has 0 spiro atoms. The average molecular weight is 396 g/mol. The molecule has 1 heterocycles. The number of carbonyl (C=O) groups excluding carboxylic acids is 1. The summed E-state index contributed by atoms with van der Waals surface area (Å²) in [5.74, 6) is 0.393. The van der Waals surface area contributed by atoms with Gasteiger partial charge in [0.25, 0.3) is 0 Å². The maximum absolute atomic E-state index is 12.8. The second-order valence-corrected chi connectivity index (χ2v) is 7.74. The van der Waals surface area contributed by atoms with Crippen LogP contribution in [0.5, 0.6) is 0 Å². The average Bonchev–Trinajstić information content (AvgIpc) is 3.16. The Morgan fingerprint density at radius 1 is 1.11 bits per heavy atom. The van der Waals surface area contributed by atoms with Gasteiger partial charge in [-0.1, -0.05) is 60.6 Å². The van der Waals surface area contributed by atoms with Gasteiger partial charge in [0.05, 0.1) is 11.4 Å². The van der Waals surface area contributed by atoms with Crippen LogP contribution in [0.15, 0.2) is 53.7 Å². The Balaban J connectivity index is 1.66. The van der Waals surface area contributed by atoms with E-state index in [4.69, 9.17) is 0 Å². The van der Waals surface area contributed by atoms with Gasteiger partial charge < -0.3 is 4.90 Å². The minimum atomic E-state index is 0.0891. The lowest BCUT2D eigenvalue weighted by Crippen LogP contribution is -2.32. The first-order chi connectivity index (χ1) is 13.6. The molecule has 6 nitrogen and oxygen atoms in total. The maximum Gasteiger partial charge on any atom is 0.233 e. The summed E-state index contributed by atoms with van der Waals surface area (Å²) < 4.78 is 1.68. The van der Waals surface area contributed by atoms with Crippen molar-refractivity contribution in [3.63, 3.8) is 0 Å². The van der Waals surface area contributed by atoms with Crippen LogP contribution in [-0.4, -0.2) is 43.3 Å². The fourth-order valence-corrected chi connectivity index (χ4v) is 3.68. The Morgan fingerprint density at radius 2 is 1.89 bits per heavy atom. The highest BCUT2D eigenvalue weighted by Gasteiger charge is 2.16. The number of hydrogen-bond donors (Lipinski definition) is 0. The molecule has 0 aliphatic carbocycles. The molecule has 0 atom stereocenters. The topological polar surface area (TPSA) is 63.9 Å². The zero-order chi connectivity index (χ0) is 19.9. The molecule has 3 rings (SSSR count). The zero-order valence-corrected chi connectivity index (χ0v) is 17.3. The van der Waals surface area contributed by atoms with Crippen LogP contribution < -0.4 is 0 Å². The number of rotatable bonds is 8. The summed E-state index contributed by atoms with van der Waals surface area (Å²) in [4.78, 5) is 14.7. The molecular formula is C21H25N5OS. The van der Waals surface area contributed by atoms with Crippen LogP contribution in [0, 0.1) is 13.8 Å². The van der Waals surface area contributed by atoms with Crippen LogP contribution in [0.4, 0.5) is 0 Å². The molecule has 1 amide bonds. The van der Waals surface area contributed by atoms with Gasteiger partial charge in [0.2, 0.25) is 11.1 Å². The molecule has 0 saturated carbocycles. The number of aryl methyl sites for hydroxylation is 2. The molecule has 7 heteroatoms. The summed E-state index contributed by atoms with van der Waals surface area (Å²) in [5.41, 5.74) is 4.38. The summed E-state index contributed by atoms with van der Waals surface area (Å²) in [6, 6.07) is 16.3. The van der Waals surface area contributed by atoms with Crippen LogP contribution in [-0.2, 0) is 11.3 Å². The Hall–Kier alpha value is -2.67. The molecule has 0 aliphatic rings. The van der Waals surface area contributed by atoms with Crippen LogP contribution in [0.1, 0.15) is 30.0 Å². The molecule has 3 aromatic rings. The second-order valence-electron chi connectivity index (χ2n) is 6.80. The van der Waals surface area contributed by atoms with Crippen LogP contribution in [0.3, 0.4) is 0 Å². The third-order valence-corrected chi connectivity index (χ3v) is 5.26. The van der Waals surface area contributed by atoms with Crippen molar-refractivity contribution in [2.24, 2.45) is 0 Å². The largest absolute Gasteiger partial charge is 0.338 e. The summed E-state index contributed by atoms with van der Waals surface area (Å²) in [6.07, 6.45) is 0.920. The first kappa shape index (κ1) is 20.1. The summed E-state index contributed by atoms with van der Waals surface area (Å²) in [6.45, 7) is 7.53. The Labute approximate surface area is 169 Å².